The fraction of sp³-hybridized carbons (Fsp3) is 0.800. The maximum Gasteiger partial charge on any atom is 0.320 e. The molecular formula is C10H19NO3. The van der Waals surface area contributed by atoms with Gasteiger partial charge in [-0.1, -0.05) is 6.92 Å². The molecule has 82 valence electrons. The Bertz CT molecular complexity index is 196. The van der Waals surface area contributed by atoms with Crippen molar-refractivity contribution >= 4 is 12.3 Å². The van der Waals surface area contributed by atoms with Gasteiger partial charge in [-0.15, -0.1) is 0 Å². The highest BCUT2D eigenvalue weighted by Crippen LogP contribution is 2.06. The zero-order valence-electron chi connectivity index (χ0n) is 9.29. The maximum absolute atomic E-state index is 11.2. The Hall–Kier alpha value is -0.900. The van der Waals surface area contributed by atoms with Gasteiger partial charge < -0.3 is 9.53 Å². The first-order valence-electron chi connectivity index (χ1n) is 4.79. The highest BCUT2D eigenvalue weighted by atomic mass is 16.6. The van der Waals surface area contributed by atoms with E-state index in [4.69, 9.17) is 4.74 Å². The molecule has 0 aromatic heterocycles. The van der Waals surface area contributed by atoms with Crippen LogP contribution in [0.1, 0.15) is 34.1 Å². The van der Waals surface area contributed by atoms with Crippen molar-refractivity contribution in [2.75, 3.05) is 6.54 Å². The normalized spacial score (nSPS) is 13.4. The van der Waals surface area contributed by atoms with Crippen LogP contribution < -0.4 is 5.32 Å². The Balaban J connectivity index is 3.79. The molecule has 14 heavy (non-hydrogen) atoms. The molecule has 0 aliphatic carbocycles. The molecule has 0 unspecified atom stereocenters. The second-order valence-electron chi connectivity index (χ2n) is 4.12. The van der Waals surface area contributed by atoms with E-state index in [0.717, 1.165) is 6.29 Å². The van der Waals surface area contributed by atoms with Crippen molar-refractivity contribution < 1.29 is 14.3 Å². The minimum absolute atomic E-state index is 0.0779. The SMILES string of the molecule is CC[C@@H](C=O)NCC(=O)OC(C)(C)C. The smallest absolute Gasteiger partial charge is 0.320 e. The van der Waals surface area contributed by atoms with E-state index >= 15 is 0 Å². The summed E-state index contributed by atoms with van der Waals surface area (Å²) in [5.41, 5.74) is -0.471. The van der Waals surface area contributed by atoms with Crippen LogP contribution in [0, 0.1) is 0 Å². The molecule has 0 rings (SSSR count). The molecule has 0 amide bonds. The third kappa shape index (κ3) is 6.60. The van der Waals surface area contributed by atoms with Crippen LogP contribution in [0.2, 0.25) is 0 Å². The quantitative estimate of drug-likeness (QED) is 0.530. The van der Waals surface area contributed by atoms with E-state index < -0.39 is 5.60 Å². The lowest BCUT2D eigenvalue weighted by Gasteiger charge is -2.20. The fourth-order valence-electron chi connectivity index (χ4n) is 0.881. The summed E-state index contributed by atoms with van der Waals surface area (Å²) < 4.78 is 5.06. The summed E-state index contributed by atoms with van der Waals surface area (Å²) in [6, 6.07) is -0.262. The number of carbonyl (C=O) groups excluding carboxylic acids is 2. The first-order valence-corrected chi connectivity index (χ1v) is 4.79. The van der Waals surface area contributed by atoms with E-state index in [1.807, 2.05) is 27.7 Å². The van der Waals surface area contributed by atoms with E-state index in [2.05, 4.69) is 5.32 Å². The summed E-state index contributed by atoms with van der Waals surface area (Å²) in [6.45, 7) is 7.38. The van der Waals surface area contributed by atoms with Crippen LogP contribution in [0.25, 0.3) is 0 Å². The Morgan fingerprint density at radius 1 is 1.50 bits per heavy atom. The number of carbonyl (C=O) groups is 2. The van der Waals surface area contributed by atoms with E-state index in [0.29, 0.717) is 6.42 Å². The van der Waals surface area contributed by atoms with Crippen molar-refractivity contribution in [2.45, 2.75) is 45.8 Å². The monoisotopic (exact) mass is 201 g/mol. The van der Waals surface area contributed by atoms with E-state index in [9.17, 15) is 9.59 Å². The molecule has 0 fully saturated rings. The average Bonchev–Trinajstić information content (AvgIpc) is 2.03. The lowest BCUT2D eigenvalue weighted by atomic mass is 10.2. The van der Waals surface area contributed by atoms with Gasteiger partial charge in [-0.25, -0.2) is 0 Å². The fourth-order valence-corrected chi connectivity index (χ4v) is 0.881. The number of hydrogen-bond acceptors (Lipinski definition) is 4. The van der Waals surface area contributed by atoms with Crippen LogP contribution in [0.3, 0.4) is 0 Å². The first-order chi connectivity index (χ1) is 6.39. The zero-order valence-corrected chi connectivity index (χ0v) is 9.29. The van der Waals surface area contributed by atoms with Gasteiger partial charge in [0, 0.05) is 0 Å². The summed E-state index contributed by atoms with van der Waals surface area (Å²) >= 11 is 0. The lowest BCUT2D eigenvalue weighted by Crippen LogP contribution is -2.37. The molecule has 0 spiro atoms. The molecular weight excluding hydrogens is 182 g/mol. The molecule has 0 aromatic rings. The topological polar surface area (TPSA) is 55.4 Å². The van der Waals surface area contributed by atoms with Gasteiger partial charge in [0.15, 0.2) is 0 Å². The van der Waals surface area contributed by atoms with E-state index in [1.54, 1.807) is 0 Å². The molecule has 0 bridgehead atoms. The van der Waals surface area contributed by atoms with Crippen LogP contribution in [0.15, 0.2) is 0 Å². The van der Waals surface area contributed by atoms with E-state index in [1.165, 1.54) is 0 Å². The number of rotatable bonds is 5. The molecule has 4 nitrogen and oxygen atoms in total. The minimum atomic E-state index is -0.471. The number of aldehydes is 1. The minimum Gasteiger partial charge on any atom is -0.459 e. The third-order valence-corrected chi connectivity index (χ3v) is 1.53. The molecule has 0 saturated heterocycles. The molecule has 0 aromatic carbocycles. The van der Waals surface area contributed by atoms with Gasteiger partial charge in [-0.2, -0.15) is 0 Å². The van der Waals surface area contributed by atoms with Gasteiger partial charge in [-0.3, -0.25) is 10.1 Å². The number of nitrogens with one attached hydrogen (secondary N) is 1. The third-order valence-electron chi connectivity index (χ3n) is 1.53. The largest absolute Gasteiger partial charge is 0.459 e. The van der Waals surface area contributed by atoms with Crippen LogP contribution >= 0.6 is 0 Å². The summed E-state index contributed by atoms with van der Waals surface area (Å²) in [4.78, 5) is 21.6. The van der Waals surface area contributed by atoms with Crippen LogP contribution in [0.5, 0.6) is 0 Å². The Kier molecular flexibility index (Phi) is 5.38. The van der Waals surface area contributed by atoms with Crippen molar-refractivity contribution in [1.82, 2.24) is 5.32 Å². The molecule has 0 radical (unpaired) electrons. The average molecular weight is 201 g/mol. The van der Waals surface area contributed by atoms with Gasteiger partial charge in [0.05, 0.1) is 12.6 Å². The van der Waals surface area contributed by atoms with Crippen LogP contribution in [-0.2, 0) is 14.3 Å². The van der Waals surface area contributed by atoms with E-state index in [-0.39, 0.29) is 18.6 Å². The zero-order chi connectivity index (χ0) is 11.2. The van der Waals surface area contributed by atoms with Crippen molar-refractivity contribution in [3.8, 4) is 0 Å². The Labute approximate surface area is 85.0 Å². The summed E-state index contributed by atoms with van der Waals surface area (Å²) in [6.07, 6.45) is 1.47. The van der Waals surface area contributed by atoms with Crippen LogP contribution in [-0.4, -0.2) is 30.4 Å². The lowest BCUT2D eigenvalue weighted by molar-refractivity contribution is -0.153. The number of ether oxygens (including phenoxy) is 1. The van der Waals surface area contributed by atoms with Gasteiger partial charge >= 0.3 is 5.97 Å². The van der Waals surface area contributed by atoms with Gasteiger partial charge in [0.25, 0.3) is 0 Å². The van der Waals surface area contributed by atoms with Crippen LogP contribution in [0.4, 0.5) is 0 Å². The van der Waals surface area contributed by atoms with Crippen molar-refractivity contribution in [1.29, 1.82) is 0 Å². The molecule has 0 aliphatic heterocycles. The number of esters is 1. The predicted octanol–water partition coefficient (Wildman–Crippen LogP) is 0.895. The van der Waals surface area contributed by atoms with Crippen molar-refractivity contribution in [2.24, 2.45) is 0 Å². The standard InChI is InChI=1S/C10H19NO3/c1-5-8(7-12)11-6-9(13)14-10(2,3)4/h7-8,11H,5-6H2,1-4H3/t8-/m0/s1. The summed E-state index contributed by atoms with van der Waals surface area (Å²) in [5.74, 6) is -0.335. The summed E-state index contributed by atoms with van der Waals surface area (Å²) in [5, 5.41) is 2.80. The molecule has 0 aliphatic rings. The van der Waals surface area contributed by atoms with Crippen molar-refractivity contribution in [3.05, 3.63) is 0 Å². The second-order valence-corrected chi connectivity index (χ2v) is 4.12. The highest BCUT2D eigenvalue weighted by Gasteiger charge is 2.16. The maximum atomic E-state index is 11.2. The first kappa shape index (κ1) is 13.1. The second kappa shape index (κ2) is 5.75. The number of hydrogen-bond donors (Lipinski definition) is 1. The molecule has 1 N–H and O–H groups in total. The Morgan fingerprint density at radius 2 is 2.07 bits per heavy atom. The van der Waals surface area contributed by atoms with Gasteiger partial charge in [0.1, 0.15) is 11.9 Å². The Morgan fingerprint density at radius 3 is 2.43 bits per heavy atom. The van der Waals surface area contributed by atoms with Gasteiger partial charge in [0.2, 0.25) is 0 Å². The highest BCUT2D eigenvalue weighted by molar-refractivity contribution is 5.72. The molecule has 0 heterocycles. The molecule has 4 heteroatoms. The van der Waals surface area contributed by atoms with Gasteiger partial charge in [-0.05, 0) is 27.2 Å². The predicted molar refractivity (Wildman–Crippen MR) is 54.0 cm³/mol. The molecule has 0 saturated carbocycles. The van der Waals surface area contributed by atoms with Crippen molar-refractivity contribution in [3.63, 3.8) is 0 Å². The molecule has 1 atom stereocenters. The summed E-state index contributed by atoms with van der Waals surface area (Å²) in [7, 11) is 0.